The Bertz CT molecular complexity index is 990. The molecule has 13 nitrogen and oxygen atoms in total. The molecule has 2 rings (SSSR count). The third kappa shape index (κ3) is 5.89. The molecule has 13 heteroatoms. The van der Waals surface area contributed by atoms with Gasteiger partial charge in [0.2, 0.25) is 5.91 Å². The van der Waals surface area contributed by atoms with E-state index in [0.717, 1.165) is 17.0 Å². The summed E-state index contributed by atoms with van der Waals surface area (Å²) in [4.78, 5) is 47.0. The van der Waals surface area contributed by atoms with Gasteiger partial charge in [-0.25, -0.2) is 0 Å². The van der Waals surface area contributed by atoms with Crippen LogP contribution in [0.3, 0.4) is 0 Å². The number of methoxy groups -OCH3 is 1. The second-order valence-electron chi connectivity index (χ2n) is 6.49. The zero-order chi connectivity index (χ0) is 23.8. The first-order chi connectivity index (χ1) is 15.2. The molecule has 0 spiro atoms. The molecule has 2 aromatic rings. The van der Waals surface area contributed by atoms with Crippen molar-refractivity contribution in [2.75, 3.05) is 44.1 Å². The lowest BCUT2D eigenvalue weighted by Gasteiger charge is -2.19. The van der Waals surface area contributed by atoms with Crippen molar-refractivity contribution in [3.63, 3.8) is 0 Å². The van der Waals surface area contributed by atoms with Gasteiger partial charge in [-0.3, -0.25) is 29.8 Å². The van der Waals surface area contributed by atoms with Crippen molar-refractivity contribution in [2.45, 2.75) is 0 Å². The van der Waals surface area contributed by atoms with Crippen molar-refractivity contribution >= 4 is 34.6 Å². The number of carbonyl (C=O) groups is 2. The maximum atomic E-state index is 12.4. The summed E-state index contributed by atoms with van der Waals surface area (Å²) in [6.07, 6.45) is 0. The monoisotopic (exact) mass is 447 g/mol. The van der Waals surface area contributed by atoms with E-state index in [2.05, 4.69) is 10.6 Å². The van der Waals surface area contributed by atoms with Crippen molar-refractivity contribution in [1.29, 1.82) is 0 Å². The van der Waals surface area contributed by atoms with Crippen LogP contribution in [0.2, 0.25) is 0 Å². The number of amides is 2. The molecule has 2 amide bonds. The van der Waals surface area contributed by atoms with Crippen LogP contribution in [-0.4, -0.2) is 60.6 Å². The average molecular weight is 447 g/mol. The third-order valence-corrected chi connectivity index (χ3v) is 4.26. The molecule has 2 aromatic carbocycles. The Morgan fingerprint density at radius 1 is 1.09 bits per heavy atom. The maximum Gasteiger partial charge on any atom is 0.300 e. The number of benzene rings is 2. The van der Waals surface area contributed by atoms with E-state index in [1.165, 1.54) is 14.2 Å². The van der Waals surface area contributed by atoms with E-state index in [1.54, 1.807) is 24.3 Å². The number of nitrogens with zero attached hydrogens (tertiary/aromatic N) is 3. The Kier molecular flexibility index (Phi) is 8.01. The normalized spacial score (nSPS) is 10.2. The Morgan fingerprint density at radius 3 is 2.12 bits per heavy atom. The highest BCUT2D eigenvalue weighted by Gasteiger charge is 2.31. The van der Waals surface area contributed by atoms with E-state index in [1.807, 2.05) is 0 Å². The smallest absolute Gasteiger partial charge is 0.300 e. The van der Waals surface area contributed by atoms with E-state index in [-0.39, 0.29) is 18.7 Å². The minimum Gasteiger partial charge on any atom is -0.497 e. The summed E-state index contributed by atoms with van der Waals surface area (Å²) >= 11 is 0. The van der Waals surface area contributed by atoms with Gasteiger partial charge in [-0.1, -0.05) is 0 Å². The highest BCUT2D eigenvalue weighted by molar-refractivity contribution is 5.99. The Morgan fingerprint density at radius 2 is 1.66 bits per heavy atom. The quantitative estimate of drug-likeness (QED) is 0.358. The molecule has 170 valence electrons. The number of hydrogen-bond acceptors (Lipinski definition) is 9. The summed E-state index contributed by atoms with van der Waals surface area (Å²) < 4.78 is 5.03. The van der Waals surface area contributed by atoms with E-state index in [4.69, 9.17) is 9.84 Å². The topological polar surface area (TPSA) is 177 Å². The first kappa shape index (κ1) is 24.0. The largest absolute Gasteiger partial charge is 0.497 e. The molecule has 0 fully saturated rings. The van der Waals surface area contributed by atoms with Gasteiger partial charge in [-0.05, 0) is 24.3 Å². The van der Waals surface area contributed by atoms with E-state index < -0.39 is 45.3 Å². The summed E-state index contributed by atoms with van der Waals surface area (Å²) in [5.41, 5.74) is -1.74. The number of nitrogens with one attached hydrogen (secondary N) is 2. The molecule has 32 heavy (non-hydrogen) atoms. The predicted octanol–water partition coefficient (Wildman–Crippen LogP) is 1.31. The highest BCUT2D eigenvalue weighted by atomic mass is 16.6. The minimum atomic E-state index is -0.872. The Balaban J connectivity index is 2.34. The molecule has 0 saturated heterocycles. The lowest BCUT2D eigenvalue weighted by Crippen LogP contribution is -2.31. The molecule has 0 atom stereocenters. The summed E-state index contributed by atoms with van der Waals surface area (Å²) in [5, 5.41) is 36.9. The number of nitro benzene ring substituents is 2. The highest BCUT2D eigenvalue weighted by Crippen LogP contribution is 2.38. The fourth-order valence-corrected chi connectivity index (χ4v) is 2.85. The Labute approximate surface area is 181 Å². The van der Waals surface area contributed by atoms with Crippen LogP contribution in [0.4, 0.5) is 22.7 Å². The number of aliphatic hydroxyl groups excluding tert-OH is 1. The molecule has 0 saturated carbocycles. The van der Waals surface area contributed by atoms with Crippen LogP contribution >= 0.6 is 0 Å². The standard InChI is InChI=1S/C19H21N5O8/c1-22(11-17(26)21-13-3-5-14(32-2)6-4-13)18-15(23(28)29)9-12(10-16(18)24(30)31)19(27)20-7-8-25/h3-6,9-10,25H,7-8,11H2,1-2H3,(H,20,27)(H,21,26). The van der Waals surface area contributed by atoms with Crippen LogP contribution in [-0.2, 0) is 4.79 Å². The molecule has 0 radical (unpaired) electrons. The van der Waals surface area contributed by atoms with Gasteiger partial charge in [0.25, 0.3) is 17.3 Å². The fraction of sp³-hybridized carbons (Fsp3) is 0.263. The van der Waals surface area contributed by atoms with Gasteiger partial charge in [0, 0.05) is 31.4 Å². The summed E-state index contributed by atoms with van der Waals surface area (Å²) in [7, 11) is 2.78. The van der Waals surface area contributed by atoms with Crippen molar-refractivity contribution in [3.05, 3.63) is 62.2 Å². The molecule has 3 N–H and O–H groups in total. The number of rotatable bonds is 10. The van der Waals surface area contributed by atoms with Crippen molar-refractivity contribution in [3.8, 4) is 5.75 Å². The first-order valence-corrected chi connectivity index (χ1v) is 9.18. The number of ether oxygens (including phenoxy) is 1. The van der Waals surface area contributed by atoms with Gasteiger partial charge in [-0.15, -0.1) is 0 Å². The summed E-state index contributed by atoms with van der Waals surface area (Å²) in [6.45, 7) is -0.947. The average Bonchev–Trinajstić information content (AvgIpc) is 2.76. The lowest BCUT2D eigenvalue weighted by atomic mass is 10.1. The SMILES string of the molecule is COc1ccc(NC(=O)CN(C)c2c([N+](=O)[O-])cc(C(=O)NCCO)cc2[N+](=O)[O-])cc1. The van der Waals surface area contributed by atoms with Crippen LogP contribution < -0.4 is 20.3 Å². The zero-order valence-electron chi connectivity index (χ0n) is 17.2. The number of hydrogen-bond donors (Lipinski definition) is 3. The van der Waals surface area contributed by atoms with E-state index >= 15 is 0 Å². The van der Waals surface area contributed by atoms with Crippen LogP contribution in [0.1, 0.15) is 10.4 Å². The number of anilines is 2. The summed E-state index contributed by atoms with van der Waals surface area (Å²) in [6, 6.07) is 8.17. The minimum absolute atomic E-state index is 0.131. The summed E-state index contributed by atoms with van der Waals surface area (Å²) in [5.74, 6) is -0.822. The molecular formula is C19H21N5O8. The van der Waals surface area contributed by atoms with Gasteiger partial charge in [0.05, 0.1) is 35.7 Å². The lowest BCUT2D eigenvalue weighted by molar-refractivity contribution is -0.392. The molecule has 0 bridgehead atoms. The zero-order valence-corrected chi connectivity index (χ0v) is 17.2. The van der Waals surface area contributed by atoms with Gasteiger partial charge in [0.1, 0.15) is 5.75 Å². The van der Waals surface area contributed by atoms with Gasteiger partial charge in [0.15, 0.2) is 5.69 Å². The van der Waals surface area contributed by atoms with Gasteiger partial charge >= 0.3 is 0 Å². The number of aliphatic hydroxyl groups is 1. The van der Waals surface area contributed by atoms with Crippen LogP contribution in [0.25, 0.3) is 0 Å². The Hall–Kier alpha value is -4.26. The number of likely N-dealkylation sites (N-methyl/N-ethyl adjacent to an activating group) is 1. The van der Waals surface area contributed by atoms with Crippen LogP contribution in [0.5, 0.6) is 5.75 Å². The van der Waals surface area contributed by atoms with Crippen molar-refractivity contribution in [2.24, 2.45) is 0 Å². The molecular weight excluding hydrogens is 426 g/mol. The molecule has 0 aliphatic carbocycles. The number of carbonyl (C=O) groups excluding carboxylic acids is 2. The van der Waals surface area contributed by atoms with Crippen LogP contribution in [0, 0.1) is 20.2 Å². The number of nitro groups is 2. The van der Waals surface area contributed by atoms with Gasteiger partial charge in [-0.2, -0.15) is 0 Å². The molecule has 0 aliphatic rings. The van der Waals surface area contributed by atoms with Crippen molar-refractivity contribution in [1.82, 2.24) is 5.32 Å². The first-order valence-electron chi connectivity index (χ1n) is 9.18. The molecule has 0 heterocycles. The molecule has 0 aromatic heterocycles. The van der Waals surface area contributed by atoms with Gasteiger partial charge < -0.3 is 25.4 Å². The second kappa shape index (κ2) is 10.7. The molecule has 0 unspecified atom stereocenters. The van der Waals surface area contributed by atoms with Crippen LogP contribution in [0.15, 0.2) is 36.4 Å². The second-order valence-corrected chi connectivity index (χ2v) is 6.49. The third-order valence-electron chi connectivity index (χ3n) is 4.26. The maximum absolute atomic E-state index is 12.4. The van der Waals surface area contributed by atoms with Crippen molar-refractivity contribution < 1.29 is 29.3 Å². The molecule has 0 aliphatic heterocycles. The van der Waals surface area contributed by atoms with E-state index in [0.29, 0.717) is 11.4 Å². The predicted molar refractivity (Wildman–Crippen MR) is 114 cm³/mol. The fourth-order valence-electron chi connectivity index (χ4n) is 2.85. The van der Waals surface area contributed by atoms with E-state index in [9.17, 15) is 29.8 Å².